The smallest absolute Gasteiger partial charge is 0.251 e. The SMILES string of the molecule is CCCNc1cc(C(=O)NC2(C)CC2)cc(C(C)(C)C)n1. The van der Waals surface area contributed by atoms with Crippen LogP contribution in [0.2, 0.25) is 0 Å². The first kappa shape index (κ1) is 15.8. The molecule has 1 fully saturated rings. The van der Waals surface area contributed by atoms with E-state index in [-0.39, 0.29) is 16.9 Å². The summed E-state index contributed by atoms with van der Waals surface area (Å²) in [4.78, 5) is 17.1. The fourth-order valence-electron chi connectivity index (χ4n) is 2.05. The maximum Gasteiger partial charge on any atom is 0.251 e. The summed E-state index contributed by atoms with van der Waals surface area (Å²) >= 11 is 0. The molecule has 21 heavy (non-hydrogen) atoms. The number of nitrogens with zero attached hydrogens (tertiary/aromatic N) is 1. The van der Waals surface area contributed by atoms with Gasteiger partial charge in [-0.1, -0.05) is 27.7 Å². The van der Waals surface area contributed by atoms with E-state index in [1.165, 1.54) is 0 Å². The van der Waals surface area contributed by atoms with Crippen LogP contribution in [0.1, 0.15) is 69.9 Å². The van der Waals surface area contributed by atoms with Gasteiger partial charge < -0.3 is 10.6 Å². The van der Waals surface area contributed by atoms with E-state index in [0.717, 1.165) is 37.3 Å². The molecule has 2 rings (SSSR count). The molecule has 4 heteroatoms. The highest BCUT2D eigenvalue weighted by molar-refractivity contribution is 5.95. The fraction of sp³-hybridized carbons (Fsp3) is 0.647. The summed E-state index contributed by atoms with van der Waals surface area (Å²) < 4.78 is 0. The first-order valence-electron chi connectivity index (χ1n) is 7.82. The number of rotatable bonds is 5. The molecule has 1 saturated carbocycles. The average molecular weight is 289 g/mol. The molecule has 0 spiro atoms. The Morgan fingerprint density at radius 2 is 2.00 bits per heavy atom. The summed E-state index contributed by atoms with van der Waals surface area (Å²) in [5, 5.41) is 6.40. The third kappa shape index (κ3) is 4.19. The van der Waals surface area contributed by atoms with Crippen molar-refractivity contribution in [2.24, 2.45) is 0 Å². The second-order valence-corrected chi connectivity index (χ2v) is 7.32. The van der Waals surface area contributed by atoms with Crippen LogP contribution in [0.25, 0.3) is 0 Å². The molecule has 0 aromatic carbocycles. The monoisotopic (exact) mass is 289 g/mol. The van der Waals surface area contributed by atoms with Crippen LogP contribution in [0.5, 0.6) is 0 Å². The van der Waals surface area contributed by atoms with Gasteiger partial charge in [0.2, 0.25) is 0 Å². The molecule has 116 valence electrons. The van der Waals surface area contributed by atoms with E-state index in [1.807, 2.05) is 12.1 Å². The van der Waals surface area contributed by atoms with Crippen molar-refractivity contribution in [3.05, 3.63) is 23.4 Å². The summed E-state index contributed by atoms with van der Waals surface area (Å²) in [5.74, 6) is 0.790. The molecule has 1 amide bonds. The third-order valence-electron chi connectivity index (χ3n) is 3.83. The highest BCUT2D eigenvalue weighted by Crippen LogP contribution is 2.34. The van der Waals surface area contributed by atoms with Crippen molar-refractivity contribution in [3.8, 4) is 0 Å². The lowest BCUT2D eigenvalue weighted by molar-refractivity contribution is 0.0935. The zero-order chi connectivity index (χ0) is 15.7. The van der Waals surface area contributed by atoms with Crippen LogP contribution >= 0.6 is 0 Å². The molecule has 1 aromatic rings. The van der Waals surface area contributed by atoms with E-state index in [4.69, 9.17) is 0 Å². The van der Waals surface area contributed by atoms with Gasteiger partial charge in [-0.25, -0.2) is 4.98 Å². The second kappa shape index (κ2) is 5.66. The maximum absolute atomic E-state index is 12.4. The summed E-state index contributed by atoms with van der Waals surface area (Å²) in [5.41, 5.74) is 1.55. The first-order chi connectivity index (χ1) is 9.73. The van der Waals surface area contributed by atoms with Gasteiger partial charge >= 0.3 is 0 Å². The molecule has 0 aliphatic heterocycles. The number of hydrogen-bond acceptors (Lipinski definition) is 3. The van der Waals surface area contributed by atoms with Crippen LogP contribution < -0.4 is 10.6 Å². The molecule has 1 aliphatic carbocycles. The van der Waals surface area contributed by atoms with Gasteiger partial charge in [-0.05, 0) is 38.3 Å². The number of carbonyl (C=O) groups is 1. The Morgan fingerprint density at radius 3 is 2.52 bits per heavy atom. The topological polar surface area (TPSA) is 54.0 Å². The van der Waals surface area contributed by atoms with Crippen LogP contribution in [-0.4, -0.2) is 23.0 Å². The van der Waals surface area contributed by atoms with Gasteiger partial charge in [0.05, 0.1) is 0 Å². The Hall–Kier alpha value is -1.58. The van der Waals surface area contributed by atoms with Crippen LogP contribution in [0.3, 0.4) is 0 Å². The highest BCUT2D eigenvalue weighted by Gasteiger charge is 2.39. The number of aromatic nitrogens is 1. The normalized spacial score (nSPS) is 16.4. The molecular formula is C17H27N3O. The van der Waals surface area contributed by atoms with Crippen LogP contribution in [0.4, 0.5) is 5.82 Å². The van der Waals surface area contributed by atoms with Gasteiger partial charge in [0.1, 0.15) is 5.82 Å². The van der Waals surface area contributed by atoms with E-state index in [0.29, 0.717) is 5.56 Å². The molecule has 0 unspecified atom stereocenters. The van der Waals surface area contributed by atoms with E-state index in [2.05, 4.69) is 50.2 Å². The van der Waals surface area contributed by atoms with E-state index in [9.17, 15) is 4.79 Å². The van der Waals surface area contributed by atoms with Crippen LogP contribution in [-0.2, 0) is 5.41 Å². The Morgan fingerprint density at radius 1 is 1.33 bits per heavy atom. The molecule has 0 atom stereocenters. The first-order valence-corrected chi connectivity index (χ1v) is 7.82. The zero-order valence-electron chi connectivity index (χ0n) is 13.8. The second-order valence-electron chi connectivity index (χ2n) is 7.32. The molecule has 0 bridgehead atoms. The minimum Gasteiger partial charge on any atom is -0.370 e. The average Bonchev–Trinajstić information content (AvgIpc) is 3.12. The number of anilines is 1. The molecule has 0 radical (unpaired) electrons. The Bertz CT molecular complexity index is 527. The Balaban J connectivity index is 2.27. The quantitative estimate of drug-likeness (QED) is 0.872. The highest BCUT2D eigenvalue weighted by atomic mass is 16.1. The number of hydrogen-bond donors (Lipinski definition) is 2. The van der Waals surface area contributed by atoms with Gasteiger partial charge in [-0.3, -0.25) is 4.79 Å². The Kier molecular flexibility index (Phi) is 4.26. The fourth-order valence-corrected chi connectivity index (χ4v) is 2.05. The van der Waals surface area contributed by atoms with Crippen molar-refractivity contribution in [2.75, 3.05) is 11.9 Å². The lowest BCUT2D eigenvalue weighted by Gasteiger charge is -2.21. The van der Waals surface area contributed by atoms with Gasteiger partial charge in [-0.2, -0.15) is 0 Å². The largest absolute Gasteiger partial charge is 0.370 e. The molecule has 1 aromatic heterocycles. The van der Waals surface area contributed by atoms with Gasteiger partial charge in [0.25, 0.3) is 5.91 Å². The van der Waals surface area contributed by atoms with Crippen LogP contribution in [0, 0.1) is 0 Å². The number of nitrogens with one attached hydrogen (secondary N) is 2. The zero-order valence-corrected chi connectivity index (χ0v) is 13.8. The Labute approximate surface area is 127 Å². The van der Waals surface area contributed by atoms with Crippen molar-refractivity contribution in [1.82, 2.24) is 10.3 Å². The number of amides is 1. The molecule has 1 aliphatic rings. The van der Waals surface area contributed by atoms with Crippen molar-refractivity contribution in [3.63, 3.8) is 0 Å². The van der Waals surface area contributed by atoms with Crippen molar-refractivity contribution in [2.45, 2.75) is 64.8 Å². The minimum atomic E-state index is -0.0809. The minimum absolute atomic E-state index is 0.000735. The van der Waals surface area contributed by atoms with Gasteiger partial charge in [0, 0.05) is 28.8 Å². The van der Waals surface area contributed by atoms with E-state index in [1.54, 1.807) is 0 Å². The van der Waals surface area contributed by atoms with Crippen molar-refractivity contribution >= 4 is 11.7 Å². The molecule has 2 N–H and O–H groups in total. The van der Waals surface area contributed by atoms with Gasteiger partial charge in [-0.15, -0.1) is 0 Å². The van der Waals surface area contributed by atoms with E-state index < -0.39 is 0 Å². The lowest BCUT2D eigenvalue weighted by Crippen LogP contribution is -2.34. The summed E-state index contributed by atoms with van der Waals surface area (Å²) in [6.45, 7) is 11.4. The summed E-state index contributed by atoms with van der Waals surface area (Å²) in [6, 6.07) is 3.77. The predicted octanol–water partition coefficient (Wildman–Crippen LogP) is 3.48. The summed E-state index contributed by atoms with van der Waals surface area (Å²) in [7, 11) is 0. The van der Waals surface area contributed by atoms with E-state index >= 15 is 0 Å². The molecule has 1 heterocycles. The van der Waals surface area contributed by atoms with Crippen LogP contribution in [0.15, 0.2) is 12.1 Å². The standard InChI is InChI=1S/C17H27N3O/c1-6-9-18-14-11-12(10-13(19-14)16(2,3)4)15(21)20-17(5)7-8-17/h10-11H,6-9H2,1-5H3,(H,18,19)(H,20,21). The third-order valence-corrected chi connectivity index (χ3v) is 3.83. The van der Waals surface area contributed by atoms with Gasteiger partial charge in [0.15, 0.2) is 0 Å². The summed E-state index contributed by atoms with van der Waals surface area (Å²) in [6.07, 6.45) is 3.16. The number of pyridine rings is 1. The molecule has 0 saturated heterocycles. The predicted molar refractivity (Wildman–Crippen MR) is 86.8 cm³/mol. The molecule has 4 nitrogen and oxygen atoms in total. The molecular weight excluding hydrogens is 262 g/mol. The maximum atomic E-state index is 12.4. The number of carbonyl (C=O) groups excluding carboxylic acids is 1. The van der Waals surface area contributed by atoms with Crippen molar-refractivity contribution < 1.29 is 4.79 Å². The van der Waals surface area contributed by atoms with Crippen molar-refractivity contribution in [1.29, 1.82) is 0 Å². The lowest BCUT2D eigenvalue weighted by atomic mass is 9.90.